The van der Waals surface area contributed by atoms with Crippen molar-refractivity contribution < 1.29 is 14.3 Å². The third kappa shape index (κ3) is 3.03. The molecular weight excluding hydrogens is 352 g/mol. The van der Waals surface area contributed by atoms with E-state index < -0.39 is 0 Å². The minimum Gasteiger partial charge on any atom is -0.493 e. The van der Waals surface area contributed by atoms with E-state index in [4.69, 9.17) is 9.47 Å². The number of rotatable bonds is 5. The van der Waals surface area contributed by atoms with Gasteiger partial charge in [0.05, 0.1) is 24.4 Å². The second kappa shape index (κ2) is 7.43. The van der Waals surface area contributed by atoms with Crippen LogP contribution in [0, 0.1) is 0 Å². The van der Waals surface area contributed by atoms with E-state index in [-0.39, 0.29) is 11.9 Å². The van der Waals surface area contributed by atoms with Crippen molar-refractivity contribution in [2.45, 2.75) is 19.4 Å². The first-order valence-electron chi connectivity index (χ1n) is 9.44. The quantitative estimate of drug-likeness (QED) is 0.795. The predicted molar refractivity (Wildman–Crippen MR) is 112 cm³/mol. The topological polar surface area (TPSA) is 50.8 Å². The molecule has 0 radical (unpaired) electrons. The molecule has 4 rings (SSSR count). The number of fused-ring (bicyclic) bond motifs is 4. The number of para-hydroxylation sites is 1. The van der Waals surface area contributed by atoms with E-state index in [0.717, 1.165) is 23.4 Å². The monoisotopic (exact) mass is 376 g/mol. The van der Waals surface area contributed by atoms with Crippen molar-refractivity contribution in [3.63, 3.8) is 0 Å². The maximum Gasteiger partial charge on any atom is 0.260 e. The molecular formula is C23H24N2O3. The van der Waals surface area contributed by atoms with Crippen LogP contribution in [0.2, 0.25) is 0 Å². The van der Waals surface area contributed by atoms with Gasteiger partial charge >= 0.3 is 0 Å². The molecule has 1 N–H and O–H groups in total. The molecule has 0 aromatic heterocycles. The maximum absolute atomic E-state index is 13.4. The van der Waals surface area contributed by atoms with Gasteiger partial charge in [-0.15, -0.1) is 0 Å². The Morgan fingerprint density at radius 1 is 1.32 bits per heavy atom. The lowest BCUT2D eigenvalue weighted by atomic mass is 10.1. The second-order valence-electron chi connectivity index (χ2n) is 6.95. The Hall–Kier alpha value is -3.21. The Morgan fingerprint density at radius 3 is 2.89 bits per heavy atom. The zero-order chi connectivity index (χ0) is 19.7. The largest absolute Gasteiger partial charge is 0.493 e. The lowest BCUT2D eigenvalue weighted by molar-refractivity contribution is 0.0983. The van der Waals surface area contributed by atoms with E-state index in [1.54, 1.807) is 19.3 Å². The predicted octanol–water partition coefficient (Wildman–Crippen LogP) is 4.20. The standard InChI is InChI=1S/C23H24N2O3/c1-4-15(5-2)14-28-22-12-19-18(11-21(22)27-3)23(26)25-17(13-24-19)10-16-8-6-7-9-20(16)25/h4-9,11-12,17,24H,1,10,13-14H2,2-3H3/b15-5+/t17-/m0/s1. The Morgan fingerprint density at radius 2 is 2.14 bits per heavy atom. The van der Waals surface area contributed by atoms with Crippen LogP contribution in [0.4, 0.5) is 11.4 Å². The third-order valence-electron chi connectivity index (χ3n) is 5.38. The summed E-state index contributed by atoms with van der Waals surface area (Å²) in [6, 6.07) is 11.8. The Balaban J connectivity index is 1.70. The maximum atomic E-state index is 13.4. The van der Waals surface area contributed by atoms with E-state index in [1.165, 1.54) is 5.56 Å². The van der Waals surface area contributed by atoms with E-state index in [1.807, 2.05) is 42.2 Å². The van der Waals surface area contributed by atoms with Gasteiger partial charge in [0.1, 0.15) is 6.61 Å². The molecule has 5 heteroatoms. The van der Waals surface area contributed by atoms with Gasteiger partial charge in [0, 0.05) is 18.3 Å². The molecule has 0 spiro atoms. The molecule has 0 fully saturated rings. The normalized spacial score (nSPS) is 17.8. The SMILES string of the molecule is C=C/C(=C\C)COc1cc2c(cc1OC)C(=O)N1c3ccccc3C[C@H]1CN2. The number of methoxy groups -OCH3 is 1. The highest BCUT2D eigenvalue weighted by atomic mass is 16.5. The summed E-state index contributed by atoms with van der Waals surface area (Å²) >= 11 is 0. The summed E-state index contributed by atoms with van der Waals surface area (Å²) in [5.74, 6) is 1.13. The molecule has 2 aromatic carbocycles. The van der Waals surface area contributed by atoms with Crippen LogP contribution in [0.5, 0.6) is 11.5 Å². The van der Waals surface area contributed by atoms with Crippen molar-refractivity contribution >= 4 is 17.3 Å². The van der Waals surface area contributed by atoms with Gasteiger partial charge in [-0.1, -0.05) is 36.9 Å². The van der Waals surface area contributed by atoms with Gasteiger partial charge in [-0.25, -0.2) is 0 Å². The summed E-state index contributed by atoms with van der Waals surface area (Å²) in [5, 5.41) is 3.44. The van der Waals surface area contributed by atoms with E-state index in [2.05, 4.69) is 18.0 Å². The third-order valence-corrected chi connectivity index (χ3v) is 5.38. The van der Waals surface area contributed by atoms with Crippen LogP contribution in [0.3, 0.4) is 0 Å². The Bertz CT molecular complexity index is 964. The molecule has 144 valence electrons. The molecule has 28 heavy (non-hydrogen) atoms. The molecule has 2 aliphatic rings. The molecule has 2 aromatic rings. The van der Waals surface area contributed by atoms with Crippen LogP contribution in [-0.4, -0.2) is 32.2 Å². The first-order chi connectivity index (χ1) is 13.7. The fourth-order valence-electron chi connectivity index (χ4n) is 3.83. The van der Waals surface area contributed by atoms with Crippen molar-refractivity contribution in [1.82, 2.24) is 0 Å². The Labute approximate surface area is 165 Å². The van der Waals surface area contributed by atoms with Crippen LogP contribution < -0.4 is 19.7 Å². The first kappa shape index (κ1) is 18.2. The lowest BCUT2D eigenvalue weighted by Gasteiger charge is -2.22. The average molecular weight is 376 g/mol. The van der Waals surface area contributed by atoms with Crippen molar-refractivity contribution in [2.24, 2.45) is 0 Å². The zero-order valence-electron chi connectivity index (χ0n) is 16.2. The number of ether oxygens (including phenoxy) is 2. The van der Waals surface area contributed by atoms with Gasteiger partial charge in [0.2, 0.25) is 0 Å². The average Bonchev–Trinajstić information content (AvgIpc) is 3.04. The molecule has 5 nitrogen and oxygen atoms in total. The van der Waals surface area contributed by atoms with Gasteiger partial charge in [0.25, 0.3) is 5.91 Å². The summed E-state index contributed by atoms with van der Waals surface area (Å²) in [7, 11) is 1.58. The molecule has 0 bridgehead atoms. The summed E-state index contributed by atoms with van der Waals surface area (Å²) in [6.07, 6.45) is 4.58. The number of anilines is 2. The number of benzene rings is 2. The number of carbonyl (C=O) groups is 1. The summed E-state index contributed by atoms with van der Waals surface area (Å²) < 4.78 is 11.4. The lowest BCUT2D eigenvalue weighted by Crippen LogP contribution is -2.39. The van der Waals surface area contributed by atoms with Crippen molar-refractivity contribution in [2.75, 3.05) is 30.5 Å². The van der Waals surface area contributed by atoms with Crippen LogP contribution in [0.1, 0.15) is 22.8 Å². The van der Waals surface area contributed by atoms with E-state index in [0.29, 0.717) is 30.2 Å². The van der Waals surface area contributed by atoms with E-state index in [9.17, 15) is 4.79 Å². The second-order valence-corrected chi connectivity index (χ2v) is 6.95. The molecule has 0 saturated carbocycles. The van der Waals surface area contributed by atoms with Gasteiger partial charge in [-0.2, -0.15) is 0 Å². The molecule has 1 atom stereocenters. The zero-order valence-corrected chi connectivity index (χ0v) is 16.2. The fraction of sp³-hybridized carbons (Fsp3) is 0.261. The summed E-state index contributed by atoms with van der Waals surface area (Å²) in [6.45, 7) is 6.81. The van der Waals surface area contributed by atoms with Crippen molar-refractivity contribution in [3.8, 4) is 11.5 Å². The number of amides is 1. The highest BCUT2D eigenvalue weighted by Crippen LogP contribution is 2.40. The number of carbonyl (C=O) groups excluding carboxylic acids is 1. The van der Waals surface area contributed by atoms with Gasteiger partial charge in [0.15, 0.2) is 11.5 Å². The van der Waals surface area contributed by atoms with Crippen LogP contribution in [0.25, 0.3) is 0 Å². The number of hydrogen-bond acceptors (Lipinski definition) is 4. The molecule has 2 heterocycles. The minimum absolute atomic E-state index is 0.0139. The van der Waals surface area contributed by atoms with Gasteiger partial charge in [-0.05, 0) is 36.6 Å². The molecule has 0 aliphatic carbocycles. The summed E-state index contributed by atoms with van der Waals surface area (Å²) in [4.78, 5) is 15.3. The van der Waals surface area contributed by atoms with Crippen LogP contribution in [-0.2, 0) is 6.42 Å². The number of nitrogens with one attached hydrogen (secondary N) is 1. The molecule has 1 amide bonds. The van der Waals surface area contributed by atoms with Crippen LogP contribution >= 0.6 is 0 Å². The number of hydrogen-bond donors (Lipinski definition) is 1. The molecule has 0 unspecified atom stereocenters. The van der Waals surface area contributed by atoms with Gasteiger partial charge < -0.3 is 19.7 Å². The van der Waals surface area contributed by atoms with Crippen molar-refractivity contribution in [1.29, 1.82) is 0 Å². The molecule has 2 aliphatic heterocycles. The molecule has 0 saturated heterocycles. The van der Waals surface area contributed by atoms with Crippen LogP contribution in [0.15, 0.2) is 60.7 Å². The highest BCUT2D eigenvalue weighted by Gasteiger charge is 2.37. The fourth-order valence-corrected chi connectivity index (χ4v) is 3.83. The van der Waals surface area contributed by atoms with Gasteiger partial charge in [-0.3, -0.25) is 4.79 Å². The minimum atomic E-state index is -0.0139. The number of allylic oxidation sites excluding steroid dienone is 1. The number of nitrogens with zero attached hydrogens (tertiary/aromatic N) is 1. The smallest absolute Gasteiger partial charge is 0.260 e. The van der Waals surface area contributed by atoms with E-state index >= 15 is 0 Å². The van der Waals surface area contributed by atoms with Crippen molar-refractivity contribution in [3.05, 3.63) is 71.8 Å². The Kier molecular flexibility index (Phi) is 4.82. The summed E-state index contributed by atoms with van der Waals surface area (Å²) in [5.41, 5.74) is 4.56. The first-order valence-corrected chi connectivity index (χ1v) is 9.44. The highest BCUT2D eigenvalue weighted by molar-refractivity contribution is 6.12.